The summed E-state index contributed by atoms with van der Waals surface area (Å²) < 4.78 is 1.83. The molecule has 1 unspecified atom stereocenters. The van der Waals surface area contributed by atoms with Crippen LogP contribution < -0.4 is 0 Å². The summed E-state index contributed by atoms with van der Waals surface area (Å²) in [5, 5.41) is 9.75. The highest BCUT2D eigenvalue weighted by Gasteiger charge is 2.25. The van der Waals surface area contributed by atoms with E-state index in [9.17, 15) is 4.79 Å². The number of carbonyl (C=O) groups excluding carboxylic acids is 1. The number of aliphatic hydroxyl groups excluding tert-OH is 1. The lowest BCUT2D eigenvalue weighted by molar-refractivity contribution is -0.129. The first-order valence-corrected chi connectivity index (χ1v) is 7.08. The zero-order valence-corrected chi connectivity index (χ0v) is 11.6. The van der Waals surface area contributed by atoms with Crippen molar-refractivity contribution in [1.29, 1.82) is 0 Å². The quantitative estimate of drug-likeness (QED) is 0.829. The largest absolute Gasteiger partial charge is 0.390 e. The maximum Gasteiger partial charge on any atom is 0.235 e. The van der Waals surface area contributed by atoms with Gasteiger partial charge < -0.3 is 14.6 Å². The van der Waals surface area contributed by atoms with Crippen LogP contribution in [0.3, 0.4) is 0 Å². The van der Waals surface area contributed by atoms with Gasteiger partial charge in [0.15, 0.2) is 5.16 Å². The van der Waals surface area contributed by atoms with Crippen LogP contribution in [0, 0.1) is 0 Å². The molecule has 1 aliphatic heterocycles. The van der Waals surface area contributed by atoms with E-state index < -0.39 is 0 Å². The Kier molecular flexibility index (Phi) is 4.29. The van der Waals surface area contributed by atoms with Crippen LogP contribution in [-0.4, -0.2) is 43.8 Å². The van der Waals surface area contributed by atoms with Crippen molar-refractivity contribution >= 4 is 17.7 Å². The van der Waals surface area contributed by atoms with E-state index in [1.54, 1.807) is 6.20 Å². The molecule has 1 saturated heterocycles. The number of hydrogen-bond acceptors (Lipinski definition) is 4. The van der Waals surface area contributed by atoms with Crippen LogP contribution in [0.15, 0.2) is 11.4 Å². The van der Waals surface area contributed by atoms with Crippen molar-refractivity contribution in [3.8, 4) is 0 Å². The number of carbonyl (C=O) groups is 1. The van der Waals surface area contributed by atoms with Crippen molar-refractivity contribution in [3.63, 3.8) is 0 Å². The van der Waals surface area contributed by atoms with Crippen LogP contribution in [0.2, 0.25) is 0 Å². The normalized spacial score (nSPS) is 17.2. The van der Waals surface area contributed by atoms with E-state index in [0.29, 0.717) is 0 Å². The molecule has 2 heterocycles. The summed E-state index contributed by atoms with van der Waals surface area (Å²) in [6.07, 6.45) is 3.87. The molecule has 0 aromatic carbocycles. The Labute approximate surface area is 111 Å². The maximum absolute atomic E-state index is 12.2. The van der Waals surface area contributed by atoms with Crippen molar-refractivity contribution in [3.05, 3.63) is 11.9 Å². The second-order valence-electron chi connectivity index (χ2n) is 4.54. The molecule has 1 aliphatic rings. The minimum atomic E-state index is -0.129. The van der Waals surface area contributed by atoms with Gasteiger partial charge in [0.1, 0.15) is 0 Å². The summed E-state index contributed by atoms with van der Waals surface area (Å²) in [4.78, 5) is 18.3. The first kappa shape index (κ1) is 13.4. The highest BCUT2D eigenvalue weighted by molar-refractivity contribution is 8.00. The average molecular weight is 269 g/mol. The second kappa shape index (κ2) is 5.75. The Morgan fingerprint density at radius 1 is 1.56 bits per heavy atom. The Morgan fingerprint density at radius 2 is 2.22 bits per heavy atom. The number of imidazole rings is 1. The van der Waals surface area contributed by atoms with Crippen LogP contribution in [-0.2, 0) is 18.4 Å². The third kappa shape index (κ3) is 2.70. The lowest BCUT2D eigenvalue weighted by atomic mass is 10.4. The van der Waals surface area contributed by atoms with Crippen LogP contribution in [0.1, 0.15) is 25.5 Å². The first-order valence-electron chi connectivity index (χ1n) is 6.20. The highest BCUT2D eigenvalue weighted by Crippen LogP contribution is 2.24. The van der Waals surface area contributed by atoms with Crippen molar-refractivity contribution in [2.24, 2.45) is 7.05 Å². The van der Waals surface area contributed by atoms with Gasteiger partial charge in [-0.05, 0) is 19.8 Å². The predicted octanol–water partition coefficient (Wildman–Crippen LogP) is 1.02. The standard InChI is InChI=1S/C12H19N3O2S/c1-9(11(17)15-5-3-4-6-15)18-12-13-7-10(8-16)14(12)2/h7,9,16H,3-6,8H2,1-2H3. The fourth-order valence-electron chi connectivity index (χ4n) is 2.09. The van der Waals surface area contributed by atoms with E-state index in [4.69, 9.17) is 5.11 Å². The summed E-state index contributed by atoms with van der Waals surface area (Å²) in [5.74, 6) is 0.186. The van der Waals surface area contributed by atoms with Gasteiger partial charge >= 0.3 is 0 Å². The molecule has 0 bridgehead atoms. The lowest BCUT2D eigenvalue weighted by Crippen LogP contribution is -2.34. The van der Waals surface area contributed by atoms with E-state index in [-0.39, 0.29) is 17.8 Å². The number of hydrogen-bond donors (Lipinski definition) is 1. The number of rotatable bonds is 4. The zero-order chi connectivity index (χ0) is 13.1. The van der Waals surface area contributed by atoms with Gasteiger partial charge in [-0.25, -0.2) is 4.98 Å². The van der Waals surface area contributed by atoms with Crippen molar-refractivity contribution < 1.29 is 9.90 Å². The summed E-state index contributed by atoms with van der Waals surface area (Å²) in [5.41, 5.74) is 0.762. The second-order valence-corrected chi connectivity index (χ2v) is 5.85. The molecular weight excluding hydrogens is 250 g/mol. The zero-order valence-electron chi connectivity index (χ0n) is 10.8. The molecule has 2 rings (SSSR count). The Balaban J connectivity index is 1.99. The van der Waals surface area contributed by atoms with Crippen LogP contribution in [0.4, 0.5) is 0 Å². The number of thioether (sulfide) groups is 1. The molecule has 1 amide bonds. The maximum atomic E-state index is 12.2. The molecule has 0 radical (unpaired) electrons. The van der Waals surface area contributed by atoms with Gasteiger partial charge in [-0.1, -0.05) is 11.8 Å². The smallest absolute Gasteiger partial charge is 0.235 e. The van der Waals surface area contributed by atoms with Gasteiger partial charge in [-0.15, -0.1) is 0 Å². The number of nitrogens with zero attached hydrogens (tertiary/aromatic N) is 3. The van der Waals surface area contributed by atoms with Crippen molar-refractivity contribution in [1.82, 2.24) is 14.5 Å². The molecule has 0 saturated carbocycles. The van der Waals surface area contributed by atoms with Crippen molar-refractivity contribution in [2.45, 2.75) is 36.8 Å². The molecule has 1 N–H and O–H groups in total. The van der Waals surface area contributed by atoms with Gasteiger partial charge in [0.05, 0.1) is 23.7 Å². The van der Waals surface area contributed by atoms with E-state index in [1.165, 1.54) is 11.8 Å². The highest BCUT2D eigenvalue weighted by atomic mass is 32.2. The number of amides is 1. The lowest BCUT2D eigenvalue weighted by Gasteiger charge is -2.19. The van der Waals surface area contributed by atoms with Gasteiger partial charge in [-0.3, -0.25) is 4.79 Å². The number of aromatic nitrogens is 2. The molecular formula is C12H19N3O2S. The minimum absolute atomic E-state index is 0.0293. The predicted molar refractivity (Wildman–Crippen MR) is 70.3 cm³/mol. The van der Waals surface area contributed by atoms with Gasteiger partial charge in [0.2, 0.25) is 5.91 Å². The number of aliphatic hydroxyl groups is 1. The Hall–Kier alpha value is -1.01. The molecule has 0 aliphatic carbocycles. The third-order valence-corrected chi connectivity index (χ3v) is 4.40. The Morgan fingerprint density at radius 3 is 2.78 bits per heavy atom. The van der Waals surface area contributed by atoms with E-state index in [0.717, 1.165) is 36.8 Å². The first-order chi connectivity index (χ1) is 8.63. The van der Waals surface area contributed by atoms with Crippen LogP contribution in [0.5, 0.6) is 0 Å². The van der Waals surface area contributed by atoms with Crippen LogP contribution in [0.25, 0.3) is 0 Å². The molecule has 0 spiro atoms. The molecule has 1 atom stereocenters. The molecule has 100 valence electrons. The van der Waals surface area contributed by atoms with Gasteiger partial charge in [0, 0.05) is 20.1 Å². The Bertz CT molecular complexity index is 427. The molecule has 1 aromatic heterocycles. The topological polar surface area (TPSA) is 58.4 Å². The fourth-order valence-corrected chi connectivity index (χ4v) is 3.04. The molecule has 1 fully saturated rings. The number of likely N-dealkylation sites (tertiary alicyclic amines) is 1. The van der Waals surface area contributed by atoms with E-state index >= 15 is 0 Å². The SMILES string of the molecule is CC(Sc1ncc(CO)n1C)C(=O)N1CCCC1. The van der Waals surface area contributed by atoms with Crippen LogP contribution >= 0.6 is 11.8 Å². The molecule has 6 heteroatoms. The fraction of sp³-hybridized carbons (Fsp3) is 0.667. The van der Waals surface area contributed by atoms with Gasteiger partial charge in [0.25, 0.3) is 0 Å². The van der Waals surface area contributed by atoms with E-state index in [2.05, 4.69) is 4.98 Å². The van der Waals surface area contributed by atoms with Gasteiger partial charge in [-0.2, -0.15) is 0 Å². The van der Waals surface area contributed by atoms with E-state index in [1.807, 2.05) is 23.4 Å². The molecule has 5 nitrogen and oxygen atoms in total. The van der Waals surface area contributed by atoms with Crippen molar-refractivity contribution in [2.75, 3.05) is 13.1 Å². The minimum Gasteiger partial charge on any atom is -0.390 e. The summed E-state index contributed by atoms with van der Waals surface area (Å²) >= 11 is 1.45. The summed E-state index contributed by atoms with van der Waals surface area (Å²) in [6, 6.07) is 0. The average Bonchev–Trinajstić information content (AvgIpc) is 2.99. The summed E-state index contributed by atoms with van der Waals surface area (Å²) in [7, 11) is 1.86. The monoisotopic (exact) mass is 269 g/mol. The third-order valence-electron chi connectivity index (χ3n) is 3.25. The summed E-state index contributed by atoms with van der Waals surface area (Å²) in [6.45, 7) is 3.65. The molecule has 1 aromatic rings. The molecule has 18 heavy (non-hydrogen) atoms.